The van der Waals surface area contributed by atoms with Gasteiger partial charge in [-0.2, -0.15) is 0 Å². The summed E-state index contributed by atoms with van der Waals surface area (Å²) in [6.07, 6.45) is 0.243. The summed E-state index contributed by atoms with van der Waals surface area (Å²) >= 11 is 0. The minimum Gasteiger partial charge on any atom is -0.466 e. The van der Waals surface area contributed by atoms with Gasteiger partial charge in [0, 0.05) is 6.54 Å². The van der Waals surface area contributed by atoms with Crippen LogP contribution in [-0.4, -0.2) is 19.1 Å². The molecule has 1 aromatic rings. The van der Waals surface area contributed by atoms with Crippen LogP contribution in [-0.2, 0) is 16.0 Å². The maximum Gasteiger partial charge on any atom is 0.310 e. The van der Waals surface area contributed by atoms with Gasteiger partial charge in [-0.15, -0.1) is 0 Å². The van der Waals surface area contributed by atoms with Gasteiger partial charge in [0.1, 0.15) is 0 Å². The molecule has 0 unspecified atom stereocenters. The summed E-state index contributed by atoms with van der Waals surface area (Å²) in [7, 11) is 0. The number of hydrogen-bond donors (Lipinski definition) is 1. The third-order valence-corrected chi connectivity index (χ3v) is 2.37. The van der Waals surface area contributed by atoms with E-state index in [0.29, 0.717) is 5.56 Å². The number of rotatable bonds is 5. The predicted octanol–water partition coefficient (Wildman–Crippen LogP) is 1.65. The number of halogens is 2. The minimum atomic E-state index is -0.929. The molecule has 5 heteroatoms. The monoisotopic (exact) mass is 243 g/mol. The summed E-state index contributed by atoms with van der Waals surface area (Å²) in [6.45, 7) is 2.08. The summed E-state index contributed by atoms with van der Waals surface area (Å²) in [5.74, 6) is -2.78. The van der Waals surface area contributed by atoms with Crippen molar-refractivity contribution in [1.29, 1.82) is 0 Å². The fraction of sp³-hybridized carbons (Fsp3) is 0.417. The molecular formula is C12H15F2NO2. The van der Waals surface area contributed by atoms with E-state index in [0.717, 1.165) is 12.1 Å². The standard InChI is InChI=1S/C12H15F2NO2/c1-2-17-12(16)9(7-15)5-8-3-4-10(13)11(14)6-8/h3-4,6,9H,2,5,7,15H2,1H3/t9-/m1/s1. The summed E-state index contributed by atoms with van der Waals surface area (Å²) in [5.41, 5.74) is 5.97. The van der Waals surface area contributed by atoms with Crippen LogP contribution in [0.2, 0.25) is 0 Å². The van der Waals surface area contributed by atoms with Crippen molar-refractivity contribution in [1.82, 2.24) is 0 Å². The van der Waals surface area contributed by atoms with E-state index in [2.05, 4.69) is 0 Å². The van der Waals surface area contributed by atoms with E-state index in [1.807, 2.05) is 0 Å². The number of ether oxygens (including phenoxy) is 1. The number of hydrogen-bond acceptors (Lipinski definition) is 3. The van der Waals surface area contributed by atoms with Crippen LogP contribution < -0.4 is 5.73 Å². The highest BCUT2D eigenvalue weighted by Gasteiger charge is 2.19. The Kier molecular flexibility index (Phi) is 5.03. The van der Waals surface area contributed by atoms with Crippen LogP contribution in [0.3, 0.4) is 0 Å². The van der Waals surface area contributed by atoms with E-state index >= 15 is 0 Å². The molecule has 0 aliphatic heterocycles. The molecule has 0 saturated carbocycles. The van der Waals surface area contributed by atoms with Crippen molar-refractivity contribution in [3.05, 3.63) is 35.4 Å². The lowest BCUT2D eigenvalue weighted by Gasteiger charge is -2.13. The van der Waals surface area contributed by atoms with Crippen molar-refractivity contribution in [2.24, 2.45) is 11.7 Å². The average molecular weight is 243 g/mol. The van der Waals surface area contributed by atoms with Crippen LogP contribution in [0.4, 0.5) is 8.78 Å². The molecule has 94 valence electrons. The van der Waals surface area contributed by atoms with Gasteiger partial charge in [0.05, 0.1) is 12.5 Å². The molecule has 2 N–H and O–H groups in total. The van der Waals surface area contributed by atoms with Crippen molar-refractivity contribution in [3.63, 3.8) is 0 Å². The van der Waals surface area contributed by atoms with Crippen molar-refractivity contribution >= 4 is 5.97 Å². The highest BCUT2D eigenvalue weighted by atomic mass is 19.2. The third kappa shape index (κ3) is 3.78. The first kappa shape index (κ1) is 13.6. The average Bonchev–Trinajstić information content (AvgIpc) is 2.30. The van der Waals surface area contributed by atoms with Gasteiger partial charge >= 0.3 is 5.97 Å². The topological polar surface area (TPSA) is 52.3 Å². The van der Waals surface area contributed by atoms with E-state index in [4.69, 9.17) is 10.5 Å². The molecule has 0 aliphatic carbocycles. The van der Waals surface area contributed by atoms with Gasteiger partial charge in [0.2, 0.25) is 0 Å². The molecule has 0 aromatic heterocycles. The maximum absolute atomic E-state index is 13.0. The first-order valence-electron chi connectivity index (χ1n) is 5.39. The van der Waals surface area contributed by atoms with E-state index in [-0.39, 0.29) is 19.6 Å². The Hall–Kier alpha value is -1.49. The van der Waals surface area contributed by atoms with Gasteiger partial charge in [-0.1, -0.05) is 6.07 Å². The first-order chi connectivity index (χ1) is 8.08. The van der Waals surface area contributed by atoms with E-state index < -0.39 is 23.5 Å². The van der Waals surface area contributed by atoms with Crippen molar-refractivity contribution in [3.8, 4) is 0 Å². The van der Waals surface area contributed by atoms with E-state index in [1.54, 1.807) is 6.92 Å². The van der Waals surface area contributed by atoms with Crippen LogP contribution in [0, 0.1) is 17.6 Å². The van der Waals surface area contributed by atoms with Crippen molar-refractivity contribution in [2.45, 2.75) is 13.3 Å². The second-order valence-corrected chi connectivity index (χ2v) is 3.64. The molecule has 17 heavy (non-hydrogen) atoms. The Morgan fingerprint density at radius 3 is 2.65 bits per heavy atom. The molecular weight excluding hydrogens is 228 g/mol. The fourth-order valence-corrected chi connectivity index (χ4v) is 1.47. The Morgan fingerprint density at radius 2 is 2.12 bits per heavy atom. The minimum absolute atomic E-state index is 0.109. The number of esters is 1. The van der Waals surface area contributed by atoms with Crippen molar-refractivity contribution in [2.75, 3.05) is 13.2 Å². The van der Waals surface area contributed by atoms with Gasteiger partial charge in [-0.25, -0.2) is 8.78 Å². The predicted molar refractivity (Wildman–Crippen MR) is 59.2 cm³/mol. The second-order valence-electron chi connectivity index (χ2n) is 3.64. The molecule has 0 aliphatic rings. The van der Waals surface area contributed by atoms with Gasteiger partial charge in [-0.05, 0) is 31.0 Å². The van der Waals surface area contributed by atoms with Crippen LogP contribution in [0.25, 0.3) is 0 Å². The Labute approximate surface area is 98.6 Å². The fourth-order valence-electron chi connectivity index (χ4n) is 1.47. The number of carbonyl (C=O) groups is 1. The van der Waals surface area contributed by atoms with Gasteiger partial charge < -0.3 is 10.5 Å². The zero-order valence-electron chi connectivity index (χ0n) is 9.58. The lowest BCUT2D eigenvalue weighted by molar-refractivity contribution is -0.147. The molecule has 0 fully saturated rings. The highest BCUT2D eigenvalue weighted by Crippen LogP contribution is 2.13. The first-order valence-corrected chi connectivity index (χ1v) is 5.39. The summed E-state index contributed by atoms with van der Waals surface area (Å²) < 4.78 is 30.5. The second kappa shape index (κ2) is 6.30. The van der Waals surface area contributed by atoms with Crippen LogP contribution in [0.5, 0.6) is 0 Å². The zero-order chi connectivity index (χ0) is 12.8. The Balaban J connectivity index is 2.73. The smallest absolute Gasteiger partial charge is 0.310 e. The molecule has 0 heterocycles. The Bertz CT molecular complexity index is 396. The Morgan fingerprint density at radius 1 is 1.41 bits per heavy atom. The number of benzene rings is 1. The quantitative estimate of drug-likeness (QED) is 0.800. The molecule has 1 atom stereocenters. The largest absolute Gasteiger partial charge is 0.466 e. The van der Waals surface area contributed by atoms with Gasteiger partial charge in [0.25, 0.3) is 0 Å². The zero-order valence-corrected chi connectivity index (χ0v) is 9.58. The molecule has 0 bridgehead atoms. The van der Waals surface area contributed by atoms with Gasteiger partial charge in [0.15, 0.2) is 11.6 Å². The molecule has 1 aromatic carbocycles. The number of carbonyl (C=O) groups excluding carboxylic acids is 1. The number of nitrogens with two attached hydrogens (primary N) is 1. The maximum atomic E-state index is 13.0. The SMILES string of the molecule is CCOC(=O)[C@@H](CN)Cc1ccc(F)c(F)c1. The van der Waals surface area contributed by atoms with E-state index in [9.17, 15) is 13.6 Å². The van der Waals surface area contributed by atoms with E-state index in [1.165, 1.54) is 6.07 Å². The van der Waals surface area contributed by atoms with Crippen LogP contribution in [0.15, 0.2) is 18.2 Å². The summed E-state index contributed by atoms with van der Waals surface area (Å²) in [4.78, 5) is 11.5. The van der Waals surface area contributed by atoms with Crippen LogP contribution >= 0.6 is 0 Å². The normalized spacial score (nSPS) is 12.2. The molecule has 0 saturated heterocycles. The lowest BCUT2D eigenvalue weighted by atomic mass is 9.99. The molecule has 1 rings (SSSR count). The molecule has 0 amide bonds. The summed E-state index contributed by atoms with van der Waals surface area (Å²) in [6, 6.07) is 3.53. The van der Waals surface area contributed by atoms with Crippen LogP contribution in [0.1, 0.15) is 12.5 Å². The molecule has 0 spiro atoms. The summed E-state index contributed by atoms with van der Waals surface area (Å²) in [5, 5.41) is 0. The lowest BCUT2D eigenvalue weighted by Crippen LogP contribution is -2.27. The highest BCUT2D eigenvalue weighted by molar-refractivity contribution is 5.73. The molecule has 0 radical (unpaired) electrons. The van der Waals surface area contributed by atoms with Gasteiger partial charge in [-0.3, -0.25) is 4.79 Å². The van der Waals surface area contributed by atoms with Crippen molar-refractivity contribution < 1.29 is 18.3 Å². The third-order valence-electron chi connectivity index (χ3n) is 2.37. The molecule has 3 nitrogen and oxygen atoms in total.